The van der Waals surface area contributed by atoms with Gasteiger partial charge in [0.1, 0.15) is 23.5 Å². The van der Waals surface area contributed by atoms with Gasteiger partial charge in [0.15, 0.2) is 5.69 Å². The summed E-state index contributed by atoms with van der Waals surface area (Å²) in [5.74, 6) is 0. The van der Waals surface area contributed by atoms with E-state index in [1.54, 1.807) is 29.5 Å². The number of nitrogen functional groups attached to an aromatic ring is 1. The van der Waals surface area contributed by atoms with Gasteiger partial charge in [-0.1, -0.05) is 54.6 Å². The van der Waals surface area contributed by atoms with Crippen molar-refractivity contribution in [2.45, 2.75) is 6.54 Å². The second-order valence-electron chi connectivity index (χ2n) is 16.5. The second kappa shape index (κ2) is 11.0. The third kappa shape index (κ3) is 4.19. The SMILES string of the molecule is CN(C)c1cc2nc3c4ccc5c6ccc7c(=O)n8c9cc(N)c([N+](C)(C)Cc%10ccccc%10)cc9nc8c8ccc(c9ccc(c(=O)n3c2cc1[N+](=O)[O-])c4c95)c6c78. The van der Waals surface area contributed by atoms with E-state index in [-0.39, 0.29) is 16.8 Å². The predicted molar refractivity (Wildman–Crippen MR) is 239 cm³/mol. The number of pyridine rings is 2. The Morgan fingerprint density at radius 2 is 1.10 bits per heavy atom. The molecule has 12 heteroatoms. The molecular formula is C47H33N8O4+. The first kappa shape index (κ1) is 33.4. The zero-order chi connectivity index (χ0) is 40.4. The quantitative estimate of drug-likeness (QED) is 0.0458. The van der Waals surface area contributed by atoms with Crippen molar-refractivity contribution < 1.29 is 4.92 Å². The molecule has 0 amide bonds. The zero-order valence-corrected chi connectivity index (χ0v) is 32.4. The molecule has 0 spiro atoms. The van der Waals surface area contributed by atoms with Crippen molar-refractivity contribution in [2.75, 3.05) is 38.8 Å². The van der Waals surface area contributed by atoms with Gasteiger partial charge in [0, 0.05) is 64.1 Å². The molecule has 0 saturated carbocycles. The number of fused-ring (bicyclic) bond motifs is 10. The molecule has 4 aromatic heterocycles. The number of hydrogen-bond donors (Lipinski definition) is 1. The molecule has 284 valence electrons. The number of nitrogens with two attached hydrogens (primary N) is 1. The molecule has 0 radical (unpaired) electrons. The molecule has 0 saturated heterocycles. The summed E-state index contributed by atoms with van der Waals surface area (Å²) in [5, 5.41) is 22.1. The van der Waals surface area contributed by atoms with E-state index in [1.807, 2.05) is 60.7 Å². The number of anilines is 2. The van der Waals surface area contributed by atoms with Gasteiger partial charge in [-0.15, -0.1) is 0 Å². The molecule has 0 unspecified atom stereocenters. The van der Waals surface area contributed by atoms with Gasteiger partial charge in [-0.3, -0.25) is 33.0 Å². The summed E-state index contributed by atoms with van der Waals surface area (Å²) in [6, 6.07) is 33.2. The van der Waals surface area contributed by atoms with Gasteiger partial charge in [-0.25, -0.2) is 9.97 Å². The highest BCUT2D eigenvalue weighted by Gasteiger charge is 2.28. The van der Waals surface area contributed by atoms with Crippen LogP contribution in [0.3, 0.4) is 0 Å². The first-order valence-corrected chi connectivity index (χ1v) is 19.3. The number of nitro groups is 1. The van der Waals surface area contributed by atoms with Crippen molar-refractivity contribution in [1.29, 1.82) is 0 Å². The Balaban J connectivity index is 1.13. The normalized spacial score (nSPS) is 12.8. The number of nitro benzene ring substituents is 1. The maximum atomic E-state index is 14.6. The smallest absolute Gasteiger partial charge is 0.294 e. The minimum atomic E-state index is -0.432. The van der Waals surface area contributed by atoms with Crippen LogP contribution < -0.4 is 26.2 Å². The van der Waals surface area contributed by atoms with Crippen LogP contribution in [0.1, 0.15) is 5.56 Å². The number of nitrogens with zero attached hydrogens (tertiary/aromatic N) is 7. The molecule has 0 atom stereocenters. The Bertz CT molecular complexity index is 3950. The Morgan fingerprint density at radius 1 is 0.644 bits per heavy atom. The minimum absolute atomic E-state index is 0.101. The number of rotatable bonds is 5. The topological polar surface area (TPSA) is 141 Å². The molecule has 12 nitrogen and oxygen atoms in total. The average molecular weight is 774 g/mol. The van der Waals surface area contributed by atoms with E-state index in [4.69, 9.17) is 15.7 Å². The highest BCUT2D eigenvalue weighted by atomic mass is 16.6. The minimum Gasteiger partial charge on any atom is -0.394 e. The molecule has 12 rings (SSSR count). The fraction of sp³-hybridized carbons (Fsp3) is 0.106. The lowest BCUT2D eigenvalue weighted by Crippen LogP contribution is -2.40. The molecule has 59 heavy (non-hydrogen) atoms. The van der Waals surface area contributed by atoms with Crippen molar-refractivity contribution in [2.24, 2.45) is 0 Å². The fourth-order valence-corrected chi connectivity index (χ4v) is 10.0. The third-order valence-electron chi connectivity index (χ3n) is 12.6. The zero-order valence-electron chi connectivity index (χ0n) is 32.4. The average Bonchev–Trinajstić information content (AvgIpc) is 3.79. The highest BCUT2D eigenvalue weighted by molar-refractivity contribution is 6.40. The summed E-state index contributed by atoms with van der Waals surface area (Å²) in [6.07, 6.45) is 0. The van der Waals surface area contributed by atoms with Crippen LogP contribution in [-0.2, 0) is 6.54 Å². The van der Waals surface area contributed by atoms with Crippen LogP contribution in [0, 0.1) is 10.1 Å². The van der Waals surface area contributed by atoms with Crippen LogP contribution in [0.4, 0.5) is 22.7 Å². The fourth-order valence-electron chi connectivity index (χ4n) is 10.0. The van der Waals surface area contributed by atoms with E-state index in [0.29, 0.717) is 60.0 Å². The van der Waals surface area contributed by atoms with Crippen LogP contribution in [0.2, 0.25) is 0 Å². The summed E-state index contributed by atoms with van der Waals surface area (Å²) in [5.41, 5.74) is 12.6. The summed E-state index contributed by atoms with van der Waals surface area (Å²) < 4.78 is 3.70. The number of benzene rings is 8. The number of quaternary nitrogens is 1. The van der Waals surface area contributed by atoms with Gasteiger partial charge in [0.2, 0.25) is 0 Å². The van der Waals surface area contributed by atoms with Crippen molar-refractivity contribution in [3.8, 4) is 0 Å². The summed E-state index contributed by atoms with van der Waals surface area (Å²) in [6.45, 7) is 0.729. The van der Waals surface area contributed by atoms with E-state index < -0.39 is 4.92 Å². The standard InChI is InChI=1S/C47H32N8O4/c1-51(2)37-19-33-36(21-38(37)54(58)59)53-44(49-33)28-14-10-24-26-12-16-30-43-29(15-11-25(41(26)43)27-13-17-31(47(53)57)42(28)40(24)27)45-50-34-20-39(32(48)18-35(34)52(45)46(30)56)55(3,4)22-23-8-6-5-7-9-23/h5-21H,22H2,1-4H3,(H-,48,49,57)/p+1. The monoisotopic (exact) mass is 773 g/mol. The Morgan fingerprint density at radius 3 is 1.61 bits per heavy atom. The van der Waals surface area contributed by atoms with E-state index in [1.165, 1.54) is 16.0 Å². The van der Waals surface area contributed by atoms with Crippen LogP contribution in [0.15, 0.2) is 113 Å². The van der Waals surface area contributed by atoms with Gasteiger partial charge in [-0.2, -0.15) is 0 Å². The first-order chi connectivity index (χ1) is 28.4. The van der Waals surface area contributed by atoms with Crippen LogP contribution >= 0.6 is 0 Å². The van der Waals surface area contributed by atoms with Gasteiger partial charge in [-0.05, 0) is 68.7 Å². The molecule has 8 aromatic carbocycles. The highest BCUT2D eigenvalue weighted by Crippen LogP contribution is 2.46. The largest absolute Gasteiger partial charge is 0.394 e. The van der Waals surface area contributed by atoms with Gasteiger partial charge < -0.3 is 10.6 Å². The second-order valence-corrected chi connectivity index (χ2v) is 16.5. The van der Waals surface area contributed by atoms with Crippen LogP contribution in [0.25, 0.3) is 98.0 Å². The Labute approximate surface area is 332 Å². The van der Waals surface area contributed by atoms with Crippen molar-refractivity contribution in [1.82, 2.24) is 23.3 Å². The molecule has 4 heterocycles. The van der Waals surface area contributed by atoms with Gasteiger partial charge in [0.25, 0.3) is 16.8 Å². The first-order valence-electron chi connectivity index (χ1n) is 19.3. The summed E-state index contributed by atoms with van der Waals surface area (Å²) in [7, 11) is 7.73. The van der Waals surface area contributed by atoms with Crippen LogP contribution in [-0.4, -0.2) is 51.9 Å². The van der Waals surface area contributed by atoms with Gasteiger partial charge in [0.05, 0.1) is 46.8 Å². The molecule has 0 bridgehead atoms. The maximum absolute atomic E-state index is 14.6. The molecule has 2 N–H and O–H groups in total. The maximum Gasteiger partial charge on any atom is 0.294 e. The molecule has 0 aliphatic carbocycles. The van der Waals surface area contributed by atoms with E-state index in [2.05, 4.69) is 44.4 Å². The number of imidazole rings is 2. The molecular weight excluding hydrogens is 741 g/mol. The Kier molecular flexibility index (Phi) is 6.25. The molecule has 0 aliphatic heterocycles. The lowest BCUT2D eigenvalue weighted by Gasteiger charge is -2.30. The third-order valence-corrected chi connectivity index (χ3v) is 12.6. The Hall–Kier alpha value is -7.70. The van der Waals surface area contributed by atoms with E-state index >= 15 is 0 Å². The molecule has 12 aromatic rings. The molecule has 0 fully saturated rings. The van der Waals surface area contributed by atoms with Crippen molar-refractivity contribution in [3.05, 3.63) is 140 Å². The lowest BCUT2D eigenvalue weighted by atomic mass is 9.86. The van der Waals surface area contributed by atoms with Gasteiger partial charge >= 0.3 is 0 Å². The van der Waals surface area contributed by atoms with E-state index in [9.17, 15) is 19.7 Å². The number of aromatic nitrogens is 4. The van der Waals surface area contributed by atoms with Crippen molar-refractivity contribution in [3.63, 3.8) is 0 Å². The molecule has 0 aliphatic rings. The van der Waals surface area contributed by atoms with Crippen molar-refractivity contribution >= 4 is 121 Å². The van der Waals surface area contributed by atoms with Crippen LogP contribution in [0.5, 0.6) is 0 Å². The summed E-state index contributed by atoms with van der Waals surface area (Å²) >= 11 is 0. The van der Waals surface area contributed by atoms with E-state index in [0.717, 1.165) is 66.1 Å². The predicted octanol–water partition coefficient (Wildman–Crippen LogP) is 8.56. The lowest BCUT2D eigenvalue weighted by molar-refractivity contribution is -0.384. The number of hydrogen-bond acceptors (Lipinski definition) is 8. The summed E-state index contributed by atoms with van der Waals surface area (Å²) in [4.78, 5) is 52.5.